The molecule has 0 nitrogen and oxygen atoms in total. The summed E-state index contributed by atoms with van der Waals surface area (Å²) in [6.45, 7) is 2.00. The van der Waals surface area contributed by atoms with Crippen molar-refractivity contribution >= 4 is 34.5 Å². The van der Waals surface area contributed by atoms with Gasteiger partial charge in [-0.15, -0.1) is 11.6 Å². The number of benzene rings is 1. The van der Waals surface area contributed by atoms with Crippen molar-refractivity contribution < 1.29 is 0 Å². The largest absolute Gasteiger partial charge is 0.152 e. The number of halogens is 2. The molecule has 0 aliphatic rings. The first-order valence-electron chi connectivity index (χ1n) is 5.08. The molecule has 0 N–H and O–H groups in total. The average molecular weight is 271 g/mol. The lowest BCUT2D eigenvalue weighted by molar-refractivity contribution is 0.923. The molecular weight excluding hydrogens is 259 g/mol. The van der Waals surface area contributed by atoms with Gasteiger partial charge in [0.05, 0.1) is 5.38 Å². The molecule has 3 heteroatoms. The van der Waals surface area contributed by atoms with Gasteiger partial charge in [-0.05, 0) is 52.9 Å². The van der Waals surface area contributed by atoms with E-state index in [0.29, 0.717) is 0 Å². The Hall–Kier alpha value is -0.500. The van der Waals surface area contributed by atoms with E-state index < -0.39 is 0 Å². The van der Waals surface area contributed by atoms with Crippen LogP contribution < -0.4 is 0 Å². The number of aryl methyl sites for hydroxylation is 1. The zero-order valence-electron chi connectivity index (χ0n) is 8.91. The maximum absolute atomic E-state index is 6.38. The Labute approximate surface area is 110 Å². The molecule has 2 rings (SSSR count). The van der Waals surface area contributed by atoms with E-state index in [-0.39, 0.29) is 5.38 Å². The lowest BCUT2D eigenvalue weighted by atomic mass is 10.0. The van der Waals surface area contributed by atoms with Gasteiger partial charge in [0, 0.05) is 5.02 Å². The molecule has 0 saturated heterocycles. The first-order valence-corrected chi connectivity index (χ1v) is 6.84. The molecule has 2 aromatic rings. The normalized spacial score (nSPS) is 12.7. The van der Waals surface area contributed by atoms with Gasteiger partial charge < -0.3 is 0 Å². The number of hydrogen-bond donors (Lipinski definition) is 0. The van der Waals surface area contributed by atoms with Gasteiger partial charge >= 0.3 is 0 Å². The molecule has 0 bridgehead atoms. The zero-order valence-corrected chi connectivity index (χ0v) is 11.2. The summed E-state index contributed by atoms with van der Waals surface area (Å²) >= 11 is 14.1. The second kappa shape index (κ2) is 5.22. The van der Waals surface area contributed by atoms with Gasteiger partial charge in [-0.25, -0.2) is 0 Å². The van der Waals surface area contributed by atoms with Crippen LogP contribution in [0.3, 0.4) is 0 Å². The molecule has 0 fully saturated rings. The highest BCUT2D eigenvalue weighted by atomic mass is 35.5. The maximum Gasteiger partial charge on any atom is 0.0625 e. The summed E-state index contributed by atoms with van der Waals surface area (Å²) < 4.78 is 0. The minimum absolute atomic E-state index is 0.0190. The zero-order chi connectivity index (χ0) is 11.5. The van der Waals surface area contributed by atoms with Gasteiger partial charge in [0.1, 0.15) is 0 Å². The van der Waals surface area contributed by atoms with Crippen LogP contribution in [0, 0.1) is 6.92 Å². The van der Waals surface area contributed by atoms with Crippen molar-refractivity contribution in [2.75, 3.05) is 0 Å². The lowest BCUT2D eigenvalue weighted by Crippen LogP contribution is -1.95. The van der Waals surface area contributed by atoms with E-state index in [1.165, 1.54) is 5.56 Å². The molecule has 0 aliphatic heterocycles. The van der Waals surface area contributed by atoms with E-state index in [1.54, 1.807) is 11.3 Å². The highest BCUT2D eigenvalue weighted by Gasteiger charge is 2.10. The van der Waals surface area contributed by atoms with E-state index in [0.717, 1.165) is 22.6 Å². The smallest absolute Gasteiger partial charge is 0.0625 e. The summed E-state index contributed by atoms with van der Waals surface area (Å²) in [5.74, 6) is 0. The predicted octanol–water partition coefficient (Wildman–Crippen LogP) is 5.23. The van der Waals surface area contributed by atoms with Gasteiger partial charge in [0.15, 0.2) is 0 Å². The van der Waals surface area contributed by atoms with Gasteiger partial charge in [0.25, 0.3) is 0 Å². The molecule has 84 valence electrons. The first-order chi connectivity index (χ1) is 7.66. The molecular formula is C13H12Cl2S. The second-order valence-corrected chi connectivity index (χ2v) is 5.53. The molecule has 16 heavy (non-hydrogen) atoms. The fourth-order valence-corrected chi connectivity index (χ4v) is 2.71. The summed E-state index contributed by atoms with van der Waals surface area (Å²) in [5, 5.41) is 5.03. The molecule has 0 spiro atoms. The predicted molar refractivity (Wildman–Crippen MR) is 72.8 cm³/mol. The van der Waals surface area contributed by atoms with Crippen LogP contribution >= 0.6 is 34.5 Å². The monoisotopic (exact) mass is 270 g/mol. The summed E-state index contributed by atoms with van der Waals surface area (Å²) in [6, 6.07) is 8.09. The van der Waals surface area contributed by atoms with E-state index in [9.17, 15) is 0 Å². The quantitative estimate of drug-likeness (QED) is 0.670. The molecule has 1 unspecified atom stereocenters. The Bertz CT molecular complexity index is 463. The van der Waals surface area contributed by atoms with Crippen molar-refractivity contribution in [3.63, 3.8) is 0 Å². The van der Waals surface area contributed by atoms with Crippen LogP contribution in [-0.4, -0.2) is 0 Å². The minimum Gasteiger partial charge on any atom is -0.152 e. The Balaban J connectivity index is 2.14. The van der Waals surface area contributed by atoms with E-state index in [4.69, 9.17) is 23.2 Å². The molecule has 0 aliphatic carbocycles. The second-order valence-electron chi connectivity index (χ2n) is 3.81. The minimum atomic E-state index is 0.0190. The number of alkyl halides is 1. The topological polar surface area (TPSA) is 0 Å². The molecule has 1 heterocycles. The Morgan fingerprint density at radius 2 is 2.12 bits per heavy atom. The fourth-order valence-electron chi connectivity index (χ4n) is 1.60. The molecule has 1 atom stereocenters. The van der Waals surface area contributed by atoms with Crippen molar-refractivity contribution in [2.24, 2.45) is 0 Å². The van der Waals surface area contributed by atoms with Crippen LogP contribution in [0.4, 0.5) is 0 Å². The molecule has 1 aromatic heterocycles. The van der Waals surface area contributed by atoms with Crippen molar-refractivity contribution in [1.82, 2.24) is 0 Å². The summed E-state index contributed by atoms with van der Waals surface area (Å²) in [7, 11) is 0. The first kappa shape index (κ1) is 12.0. The summed E-state index contributed by atoms with van der Waals surface area (Å²) in [6.07, 6.45) is 0.867. The van der Waals surface area contributed by atoms with E-state index >= 15 is 0 Å². The standard InChI is InChI=1S/C13H12Cl2S/c1-9-6-11(2-3-12(9)14)13(15)7-10-4-5-16-8-10/h2-6,8,13H,7H2,1H3. The van der Waals surface area contributed by atoms with Crippen molar-refractivity contribution in [1.29, 1.82) is 0 Å². The highest BCUT2D eigenvalue weighted by molar-refractivity contribution is 7.07. The van der Waals surface area contributed by atoms with Crippen LogP contribution in [0.15, 0.2) is 35.0 Å². The lowest BCUT2D eigenvalue weighted by Gasteiger charge is -2.10. The third-order valence-corrected chi connectivity index (χ3v) is 4.10. The summed E-state index contributed by atoms with van der Waals surface area (Å²) in [5.41, 5.74) is 3.50. The highest BCUT2D eigenvalue weighted by Crippen LogP contribution is 2.28. The average Bonchev–Trinajstić information content (AvgIpc) is 2.74. The van der Waals surface area contributed by atoms with Gasteiger partial charge in [-0.2, -0.15) is 11.3 Å². The summed E-state index contributed by atoms with van der Waals surface area (Å²) in [4.78, 5) is 0. The van der Waals surface area contributed by atoms with Crippen molar-refractivity contribution in [3.05, 3.63) is 56.7 Å². The number of hydrogen-bond acceptors (Lipinski definition) is 1. The third-order valence-electron chi connectivity index (χ3n) is 2.54. The van der Waals surface area contributed by atoms with Crippen molar-refractivity contribution in [3.8, 4) is 0 Å². The van der Waals surface area contributed by atoms with Gasteiger partial charge in [-0.1, -0.05) is 23.7 Å². The Morgan fingerprint density at radius 3 is 2.75 bits per heavy atom. The van der Waals surface area contributed by atoms with Crippen LogP contribution in [0.25, 0.3) is 0 Å². The van der Waals surface area contributed by atoms with Crippen LogP contribution in [0.5, 0.6) is 0 Å². The maximum atomic E-state index is 6.38. The van der Waals surface area contributed by atoms with Crippen LogP contribution in [0.2, 0.25) is 5.02 Å². The van der Waals surface area contributed by atoms with Crippen LogP contribution in [-0.2, 0) is 6.42 Å². The van der Waals surface area contributed by atoms with Crippen LogP contribution in [0.1, 0.15) is 22.1 Å². The van der Waals surface area contributed by atoms with Gasteiger partial charge in [-0.3, -0.25) is 0 Å². The molecule has 1 aromatic carbocycles. The Morgan fingerprint density at radius 1 is 1.31 bits per heavy atom. The SMILES string of the molecule is Cc1cc(C(Cl)Cc2ccsc2)ccc1Cl. The number of thiophene rings is 1. The fraction of sp³-hybridized carbons (Fsp3) is 0.231. The molecule has 0 amide bonds. The molecule has 0 radical (unpaired) electrons. The van der Waals surface area contributed by atoms with E-state index in [2.05, 4.69) is 22.9 Å². The van der Waals surface area contributed by atoms with E-state index in [1.807, 2.05) is 19.1 Å². The number of rotatable bonds is 3. The Kier molecular flexibility index (Phi) is 3.91. The van der Waals surface area contributed by atoms with Crippen molar-refractivity contribution in [2.45, 2.75) is 18.7 Å². The molecule has 0 saturated carbocycles. The third kappa shape index (κ3) is 2.79. The van der Waals surface area contributed by atoms with Gasteiger partial charge in [0.2, 0.25) is 0 Å².